The van der Waals surface area contributed by atoms with Crippen LogP contribution in [0.1, 0.15) is 63.2 Å². The van der Waals surface area contributed by atoms with Gasteiger partial charge in [0.1, 0.15) is 11.6 Å². The second kappa shape index (κ2) is 9.12. The zero-order valence-corrected chi connectivity index (χ0v) is 18.8. The summed E-state index contributed by atoms with van der Waals surface area (Å²) in [6, 6.07) is 6.36. The van der Waals surface area contributed by atoms with Crippen LogP contribution in [0.5, 0.6) is 0 Å². The molecule has 0 radical (unpaired) electrons. The third-order valence-corrected chi connectivity index (χ3v) is 5.96. The molecule has 1 fully saturated rings. The number of para-hydroxylation sites is 1. The smallest absolute Gasteiger partial charge is 0.408 e. The van der Waals surface area contributed by atoms with Gasteiger partial charge in [0.2, 0.25) is 11.7 Å². The number of thiazole rings is 1. The van der Waals surface area contributed by atoms with Gasteiger partial charge in [0.15, 0.2) is 5.01 Å². The average molecular weight is 432 g/mol. The molecule has 2 atom stereocenters. The van der Waals surface area contributed by atoms with Crippen molar-refractivity contribution in [3.05, 3.63) is 29.3 Å². The van der Waals surface area contributed by atoms with E-state index >= 15 is 0 Å². The number of aromatic nitrogens is 1. The highest BCUT2D eigenvalue weighted by molar-refractivity contribution is 7.20. The van der Waals surface area contributed by atoms with Crippen LogP contribution in [0.2, 0.25) is 0 Å². The van der Waals surface area contributed by atoms with Gasteiger partial charge in [-0.3, -0.25) is 9.59 Å². The number of likely N-dealkylation sites (tertiary alicyclic amines) is 1. The minimum absolute atomic E-state index is 0.130. The fourth-order valence-electron chi connectivity index (χ4n) is 3.62. The lowest BCUT2D eigenvalue weighted by molar-refractivity contribution is -0.133. The quantitative estimate of drug-likeness (QED) is 0.694. The number of nitrogens with one attached hydrogen (secondary N) is 1. The molecule has 30 heavy (non-hydrogen) atoms. The number of nitrogens with zero attached hydrogens (tertiary/aromatic N) is 2. The molecule has 1 aliphatic rings. The number of ether oxygens (including phenoxy) is 1. The molecule has 1 saturated heterocycles. The average Bonchev–Trinajstić information content (AvgIpc) is 3.32. The van der Waals surface area contributed by atoms with Crippen molar-refractivity contribution in [2.24, 2.45) is 0 Å². The van der Waals surface area contributed by atoms with Gasteiger partial charge in [-0.05, 0) is 52.2 Å². The van der Waals surface area contributed by atoms with E-state index in [0.29, 0.717) is 24.4 Å². The minimum atomic E-state index is -0.714. The van der Waals surface area contributed by atoms with Gasteiger partial charge >= 0.3 is 6.09 Å². The predicted octanol–water partition coefficient (Wildman–Crippen LogP) is 4.16. The normalized spacial score (nSPS) is 17.7. The van der Waals surface area contributed by atoms with Crippen LogP contribution in [0, 0.1) is 0 Å². The van der Waals surface area contributed by atoms with E-state index in [4.69, 9.17) is 4.74 Å². The maximum absolute atomic E-state index is 13.2. The Morgan fingerprint density at radius 1 is 1.30 bits per heavy atom. The fraction of sp³-hybridized carbons (Fsp3) is 0.545. The van der Waals surface area contributed by atoms with Gasteiger partial charge in [-0.15, -0.1) is 11.3 Å². The van der Waals surface area contributed by atoms with E-state index < -0.39 is 23.8 Å². The van der Waals surface area contributed by atoms with E-state index in [-0.39, 0.29) is 11.7 Å². The molecule has 7 nitrogen and oxygen atoms in total. The molecule has 8 heteroatoms. The van der Waals surface area contributed by atoms with Crippen molar-refractivity contribution in [1.29, 1.82) is 0 Å². The summed E-state index contributed by atoms with van der Waals surface area (Å²) in [6.07, 6.45) is 1.93. The Bertz CT molecular complexity index is 901. The molecule has 1 aliphatic heterocycles. The highest BCUT2D eigenvalue weighted by atomic mass is 32.1. The molecule has 0 bridgehead atoms. The first-order chi connectivity index (χ1) is 14.2. The van der Waals surface area contributed by atoms with Crippen LogP contribution >= 0.6 is 11.3 Å². The zero-order chi connectivity index (χ0) is 21.9. The lowest BCUT2D eigenvalue weighted by Gasteiger charge is -2.29. The summed E-state index contributed by atoms with van der Waals surface area (Å²) in [5, 5.41) is 3.12. The second-order valence-electron chi connectivity index (χ2n) is 8.53. The zero-order valence-electron chi connectivity index (χ0n) is 17.9. The van der Waals surface area contributed by atoms with E-state index in [9.17, 15) is 14.4 Å². The van der Waals surface area contributed by atoms with Crippen LogP contribution in [0.3, 0.4) is 0 Å². The summed E-state index contributed by atoms with van der Waals surface area (Å²) in [6.45, 7) is 7.77. The number of amides is 2. The number of Topliss-reactive ketones (excluding diaryl/α,β-unsaturated/α-hetero) is 1. The first-order valence-corrected chi connectivity index (χ1v) is 11.2. The lowest BCUT2D eigenvalue weighted by atomic mass is 10.1. The second-order valence-corrected chi connectivity index (χ2v) is 9.56. The number of benzene rings is 1. The molecule has 0 unspecified atom stereocenters. The van der Waals surface area contributed by atoms with Crippen LogP contribution < -0.4 is 5.32 Å². The van der Waals surface area contributed by atoms with Gasteiger partial charge in [0, 0.05) is 6.54 Å². The molecular weight excluding hydrogens is 402 g/mol. The van der Waals surface area contributed by atoms with Crippen LogP contribution in [0.4, 0.5) is 4.79 Å². The molecule has 2 amide bonds. The van der Waals surface area contributed by atoms with Crippen LogP contribution in [0.25, 0.3) is 10.2 Å². The molecule has 162 valence electrons. The summed E-state index contributed by atoms with van der Waals surface area (Å²) < 4.78 is 6.26. The van der Waals surface area contributed by atoms with Crippen molar-refractivity contribution in [2.45, 2.75) is 71.1 Å². The summed E-state index contributed by atoms with van der Waals surface area (Å²) in [7, 11) is 0. The van der Waals surface area contributed by atoms with Gasteiger partial charge in [-0.25, -0.2) is 9.78 Å². The van der Waals surface area contributed by atoms with Gasteiger partial charge < -0.3 is 15.0 Å². The summed E-state index contributed by atoms with van der Waals surface area (Å²) >= 11 is 1.35. The largest absolute Gasteiger partial charge is 0.444 e. The number of ketones is 1. The Balaban J connectivity index is 1.75. The van der Waals surface area contributed by atoms with E-state index in [0.717, 1.165) is 23.1 Å². The van der Waals surface area contributed by atoms with E-state index in [2.05, 4.69) is 10.3 Å². The molecular formula is C22H29N3O4S. The minimum Gasteiger partial charge on any atom is -0.444 e. The van der Waals surface area contributed by atoms with Crippen molar-refractivity contribution in [1.82, 2.24) is 15.2 Å². The van der Waals surface area contributed by atoms with Crippen molar-refractivity contribution in [2.75, 3.05) is 6.54 Å². The monoisotopic (exact) mass is 431 g/mol. The summed E-state index contributed by atoms with van der Waals surface area (Å²) in [4.78, 5) is 44.7. The Morgan fingerprint density at radius 2 is 2.03 bits per heavy atom. The van der Waals surface area contributed by atoms with Crippen molar-refractivity contribution >= 4 is 39.3 Å². The van der Waals surface area contributed by atoms with Gasteiger partial charge in [0.25, 0.3) is 0 Å². The number of alkyl carbamates (subject to hydrolysis) is 1. The molecule has 1 aromatic carbocycles. The van der Waals surface area contributed by atoms with Crippen LogP contribution in [-0.4, -0.2) is 51.9 Å². The highest BCUT2D eigenvalue weighted by Crippen LogP contribution is 2.27. The van der Waals surface area contributed by atoms with Crippen LogP contribution in [0.15, 0.2) is 24.3 Å². The van der Waals surface area contributed by atoms with Crippen molar-refractivity contribution in [3.63, 3.8) is 0 Å². The Labute approximate surface area is 180 Å². The lowest BCUT2D eigenvalue weighted by Crippen LogP contribution is -2.52. The van der Waals surface area contributed by atoms with Gasteiger partial charge in [-0.2, -0.15) is 0 Å². The summed E-state index contributed by atoms with van der Waals surface area (Å²) in [5.41, 5.74) is 0.139. The summed E-state index contributed by atoms with van der Waals surface area (Å²) in [5.74, 6) is -0.366. The molecule has 1 aromatic heterocycles. The molecule has 0 saturated carbocycles. The van der Waals surface area contributed by atoms with Gasteiger partial charge in [-0.1, -0.05) is 25.5 Å². The number of carbonyl (C=O) groups is 3. The standard InChI is InChI=1S/C22H29N3O4S/c1-5-9-15(24-21(28)29-22(2,3)4)20(27)25-13-8-11-16(25)18(26)19-23-14-10-6-7-12-17(14)30-19/h6-7,10,12,15-16H,5,8-9,11,13H2,1-4H3,(H,24,28)/t15-,16-/m0/s1. The van der Waals surface area contributed by atoms with Crippen molar-refractivity contribution < 1.29 is 19.1 Å². The molecule has 1 N–H and O–H groups in total. The Hall–Kier alpha value is -2.48. The first-order valence-electron chi connectivity index (χ1n) is 10.4. The third kappa shape index (κ3) is 5.16. The first kappa shape index (κ1) is 22.2. The molecule has 0 spiro atoms. The Morgan fingerprint density at radius 3 is 2.70 bits per heavy atom. The number of hydrogen-bond donors (Lipinski definition) is 1. The van der Waals surface area contributed by atoms with E-state index in [1.54, 1.807) is 25.7 Å². The van der Waals surface area contributed by atoms with Crippen LogP contribution in [-0.2, 0) is 9.53 Å². The fourth-order valence-corrected chi connectivity index (χ4v) is 4.57. The maximum Gasteiger partial charge on any atom is 0.408 e. The molecule has 2 heterocycles. The topological polar surface area (TPSA) is 88.6 Å². The van der Waals surface area contributed by atoms with E-state index in [1.807, 2.05) is 31.2 Å². The molecule has 0 aliphatic carbocycles. The third-order valence-electron chi connectivity index (χ3n) is 4.91. The number of fused-ring (bicyclic) bond motifs is 1. The Kier molecular flexibility index (Phi) is 6.75. The molecule has 3 rings (SSSR count). The van der Waals surface area contributed by atoms with Crippen molar-refractivity contribution in [3.8, 4) is 0 Å². The number of rotatable bonds is 6. The van der Waals surface area contributed by atoms with E-state index in [1.165, 1.54) is 11.3 Å². The number of hydrogen-bond acceptors (Lipinski definition) is 6. The molecule has 2 aromatic rings. The maximum atomic E-state index is 13.2. The van der Waals surface area contributed by atoms with Gasteiger partial charge in [0.05, 0.1) is 16.3 Å². The SMILES string of the molecule is CCC[C@H](NC(=O)OC(C)(C)C)C(=O)N1CCC[C@H]1C(=O)c1nc2ccccc2s1. The predicted molar refractivity (Wildman–Crippen MR) is 117 cm³/mol. The highest BCUT2D eigenvalue weighted by Gasteiger charge is 2.39. The number of carbonyl (C=O) groups excluding carboxylic acids is 3.